The van der Waals surface area contributed by atoms with Gasteiger partial charge in [0.2, 0.25) is 0 Å². The average molecular weight is 405 g/mol. The fourth-order valence-corrected chi connectivity index (χ4v) is 2.86. The molecule has 0 aromatic heterocycles. The number of hydrogen-bond acceptors (Lipinski definition) is 5. The molecule has 1 amide bonds. The number of amides is 1. The molecule has 6 heteroatoms. The summed E-state index contributed by atoms with van der Waals surface area (Å²) in [4.78, 5) is 23.8. The van der Waals surface area contributed by atoms with Crippen LogP contribution in [0.4, 0.5) is 0 Å². The first-order valence-corrected chi connectivity index (χ1v) is 9.39. The first-order valence-electron chi connectivity index (χ1n) is 9.39. The van der Waals surface area contributed by atoms with Gasteiger partial charge < -0.3 is 19.5 Å². The third kappa shape index (κ3) is 5.85. The Hall–Kier alpha value is -3.80. The Bertz CT molecular complexity index is 1070. The Balaban J connectivity index is 1.48. The topological polar surface area (TPSA) is 73.9 Å². The minimum Gasteiger partial charge on any atom is -0.497 e. The Morgan fingerprint density at radius 1 is 0.900 bits per heavy atom. The van der Waals surface area contributed by atoms with Gasteiger partial charge in [0.1, 0.15) is 11.5 Å². The molecule has 0 saturated carbocycles. The van der Waals surface area contributed by atoms with Crippen LogP contribution in [-0.4, -0.2) is 32.7 Å². The van der Waals surface area contributed by atoms with E-state index in [1.807, 2.05) is 60.7 Å². The van der Waals surface area contributed by atoms with Crippen molar-refractivity contribution < 1.29 is 23.8 Å². The zero-order valence-corrected chi connectivity index (χ0v) is 16.9. The summed E-state index contributed by atoms with van der Waals surface area (Å²) >= 11 is 0. The summed E-state index contributed by atoms with van der Waals surface area (Å²) in [6.07, 6.45) is 2.96. The number of carbonyl (C=O) groups excluding carboxylic acids is 2. The molecule has 0 atom stereocenters. The number of rotatable bonds is 8. The number of nitrogens with one attached hydrogen (secondary N) is 1. The molecule has 3 aromatic carbocycles. The second kappa shape index (κ2) is 10.1. The van der Waals surface area contributed by atoms with Crippen molar-refractivity contribution in [3.8, 4) is 11.5 Å². The minimum absolute atomic E-state index is 0.325. The van der Waals surface area contributed by atoms with Gasteiger partial charge in [0.05, 0.1) is 14.2 Å². The molecule has 0 saturated heterocycles. The van der Waals surface area contributed by atoms with Crippen molar-refractivity contribution in [2.75, 3.05) is 20.8 Å². The maximum Gasteiger partial charge on any atom is 0.331 e. The lowest BCUT2D eigenvalue weighted by Crippen LogP contribution is -2.28. The molecule has 30 heavy (non-hydrogen) atoms. The van der Waals surface area contributed by atoms with Crippen LogP contribution in [0.25, 0.3) is 16.8 Å². The molecule has 0 heterocycles. The SMILES string of the molecule is COc1cccc(CNC(=O)COC(=O)/C=C/c2ccc3cc(OC)ccc3c2)c1. The van der Waals surface area contributed by atoms with Crippen LogP contribution in [0.5, 0.6) is 11.5 Å². The summed E-state index contributed by atoms with van der Waals surface area (Å²) in [5, 5.41) is 4.78. The monoisotopic (exact) mass is 405 g/mol. The maximum atomic E-state index is 11.9. The molecule has 3 aromatic rings. The number of carbonyl (C=O) groups is 2. The van der Waals surface area contributed by atoms with Crippen LogP contribution in [0.1, 0.15) is 11.1 Å². The van der Waals surface area contributed by atoms with E-state index in [0.717, 1.165) is 27.6 Å². The van der Waals surface area contributed by atoms with Gasteiger partial charge in [0.25, 0.3) is 5.91 Å². The molecular formula is C24H23NO5. The summed E-state index contributed by atoms with van der Waals surface area (Å²) < 4.78 is 15.4. The van der Waals surface area contributed by atoms with Gasteiger partial charge in [-0.3, -0.25) is 4.79 Å². The van der Waals surface area contributed by atoms with Gasteiger partial charge in [-0.1, -0.05) is 30.3 Å². The van der Waals surface area contributed by atoms with Gasteiger partial charge in [0.15, 0.2) is 6.61 Å². The number of esters is 1. The highest BCUT2D eigenvalue weighted by Gasteiger charge is 2.06. The summed E-state index contributed by atoms with van der Waals surface area (Å²) in [6, 6.07) is 19.0. The molecule has 0 spiro atoms. The molecule has 0 aliphatic heterocycles. The lowest BCUT2D eigenvalue weighted by atomic mass is 10.1. The molecule has 6 nitrogen and oxygen atoms in total. The normalized spacial score (nSPS) is 10.7. The summed E-state index contributed by atoms with van der Waals surface area (Å²) in [5.41, 5.74) is 1.75. The van der Waals surface area contributed by atoms with E-state index >= 15 is 0 Å². The van der Waals surface area contributed by atoms with E-state index in [1.165, 1.54) is 6.08 Å². The number of fused-ring (bicyclic) bond motifs is 1. The third-order valence-electron chi connectivity index (χ3n) is 4.45. The van der Waals surface area contributed by atoms with E-state index in [2.05, 4.69) is 5.32 Å². The minimum atomic E-state index is -0.582. The molecule has 0 aliphatic carbocycles. The van der Waals surface area contributed by atoms with Gasteiger partial charge >= 0.3 is 5.97 Å². The molecular weight excluding hydrogens is 382 g/mol. The van der Waals surface area contributed by atoms with Gasteiger partial charge in [-0.25, -0.2) is 4.79 Å². The molecule has 154 valence electrons. The van der Waals surface area contributed by atoms with Crippen molar-refractivity contribution in [3.05, 3.63) is 77.9 Å². The quantitative estimate of drug-likeness (QED) is 0.457. The largest absolute Gasteiger partial charge is 0.497 e. The zero-order chi connectivity index (χ0) is 21.3. The number of hydrogen-bond donors (Lipinski definition) is 1. The van der Waals surface area contributed by atoms with Crippen molar-refractivity contribution >= 4 is 28.7 Å². The van der Waals surface area contributed by atoms with Gasteiger partial charge in [-0.05, 0) is 58.3 Å². The van der Waals surface area contributed by atoms with Crippen LogP contribution in [0.15, 0.2) is 66.7 Å². The molecule has 1 N–H and O–H groups in total. The van der Waals surface area contributed by atoms with Crippen molar-refractivity contribution in [2.24, 2.45) is 0 Å². The van der Waals surface area contributed by atoms with Crippen molar-refractivity contribution in [2.45, 2.75) is 6.54 Å². The lowest BCUT2D eigenvalue weighted by Gasteiger charge is -2.07. The molecule has 3 rings (SSSR count). The first kappa shape index (κ1) is 20.9. The Morgan fingerprint density at radius 2 is 1.63 bits per heavy atom. The van der Waals surface area contributed by atoms with E-state index in [4.69, 9.17) is 14.2 Å². The van der Waals surface area contributed by atoms with E-state index in [0.29, 0.717) is 12.3 Å². The van der Waals surface area contributed by atoms with Crippen LogP contribution < -0.4 is 14.8 Å². The molecule has 0 unspecified atom stereocenters. The van der Waals surface area contributed by atoms with Crippen LogP contribution in [0.2, 0.25) is 0 Å². The molecule has 0 bridgehead atoms. The standard InChI is InChI=1S/C24H23NO5/c1-28-21-5-3-4-18(13-21)15-25-23(26)16-30-24(27)11-7-17-6-8-20-14-22(29-2)10-9-19(20)12-17/h3-14H,15-16H2,1-2H3,(H,25,26)/b11-7+. The van der Waals surface area contributed by atoms with Crippen LogP contribution in [0.3, 0.4) is 0 Å². The van der Waals surface area contributed by atoms with Crippen LogP contribution in [0, 0.1) is 0 Å². The zero-order valence-electron chi connectivity index (χ0n) is 16.9. The van der Waals surface area contributed by atoms with Crippen LogP contribution >= 0.6 is 0 Å². The second-order valence-electron chi connectivity index (χ2n) is 6.54. The van der Waals surface area contributed by atoms with E-state index in [-0.39, 0.29) is 12.5 Å². The summed E-state index contributed by atoms with van der Waals surface area (Å²) in [7, 11) is 3.21. The molecule has 0 aliphatic rings. The van der Waals surface area contributed by atoms with Gasteiger partial charge in [-0.15, -0.1) is 0 Å². The fourth-order valence-electron chi connectivity index (χ4n) is 2.86. The first-order chi connectivity index (χ1) is 14.6. The third-order valence-corrected chi connectivity index (χ3v) is 4.45. The lowest BCUT2D eigenvalue weighted by molar-refractivity contribution is -0.143. The van der Waals surface area contributed by atoms with E-state index in [9.17, 15) is 9.59 Å². The summed E-state index contributed by atoms with van der Waals surface area (Å²) in [5.74, 6) is 0.547. The Kier molecular flexibility index (Phi) is 7.05. The predicted octanol–water partition coefficient (Wildman–Crippen LogP) is 3.73. The van der Waals surface area contributed by atoms with Gasteiger partial charge in [0, 0.05) is 12.6 Å². The summed E-state index contributed by atoms with van der Waals surface area (Å²) in [6.45, 7) is -0.0179. The maximum absolute atomic E-state index is 11.9. The van der Waals surface area contributed by atoms with E-state index < -0.39 is 5.97 Å². The molecule has 0 radical (unpaired) electrons. The highest BCUT2D eigenvalue weighted by atomic mass is 16.5. The Morgan fingerprint density at radius 3 is 2.43 bits per heavy atom. The Labute approximate surface area is 175 Å². The van der Waals surface area contributed by atoms with Crippen molar-refractivity contribution in [1.82, 2.24) is 5.32 Å². The van der Waals surface area contributed by atoms with E-state index in [1.54, 1.807) is 20.3 Å². The number of benzene rings is 3. The molecule has 0 fully saturated rings. The smallest absolute Gasteiger partial charge is 0.331 e. The fraction of sp³-hybridized carbons (Fsp3) is 0.167. The number of ether oxygens (including phenoxy) is 3. The van der Waals surface area contributed by atoms with Crippen molar-refractivity contribution in [1.29, 1.82) is 0 Å². The second-order valence-corrected chi connectivity index (χ2v) is 6.54. The number of methoxy groups -OCH3 is 2. The predicted molar refractivity (Wildman–Crippen MR) is 115 cm³/mol. The highest BCUT2D eigenvalue weighted by molar-refractivity contribution is 5.91. The van der Waals surface area contributed by atoms with Crippen molar-refractivity contribution in [3.63, 3.8) is 0 Å². The van der Waals surface area contributed by atoms with Crippen LogP contribution in [-0.2, 0) is 20.9 Å². The van der Waals surface area contributed by atoms with Gasteiger partial charge in [-0.2, -0.15) is 0 Å². The average Bonchev–Trinajstić information content (AvgIpc) is 2.79. The highest BCUT2D eigenvalue weighted by Crippen LogP contribution is 2.22.